The lowest BCUT2D eigenvalue weighted by atomic mass is 9.86. The van der Waals surface area contributed by atoms with Gasteiger partial charge >= 0.3 is 0 Å². The third kappa shape index (κ3) is 3.00. The lowest BCUT2D eigenvalue weighted by molar-refractivity contribution is 0.100. The summed E-state index contributed by atoms with van der Waals surface area (Å²) in [6.45, 7) is 2.30. The Labute approximate surface area is 114 Å². The van der Waals surface area contributed by atoms with Crippen molar-refractivity contribution in [2.45, 2.75) is 38.6 Å². The van der Waals surface area contributed by atoms with Crippen LogP contribution < -0.4 is 16.4 Å². The second-order valence-electron chi connectivity index (χ2n) is 5.67. The molecule has 1 aliphatic carbocycles. The summed E-state index contributed by atoms with van der Waals surface area (Å²) >= 11 is 0. The molecule has 0 saturated heterocycles. The number of nitrogens with two attached hydrogens (primary N) is 2. The molecule has 4 nitrogen and oxygen atoms in total. The lowest BCUT2D eigenvalue weighted by Crippen LogP contribution is -2.35. The molecule has 1 saturated carbocycles. The standard InChI is InChI=1S/C15H23N3O/c1-10-4-3-5-11(8-10)18(2)12-6-7-14(16)13(9-12)15(17)19/h6-7,9-11H,3-5,8,16H2,1-2H3,(H2,17,19). The van der Waals surface area contributed by atoms with Gasteiger partial charge in [0.2, 0.25) is 0 Å². The van der Waals surface area contributed by atoms with E-state index in [-0.39, 0.29) is 0 Å². The van der Waals surface area contributed by atoms with Gasteiger partial charge in [-0.2, -0.15) is 0 Å². The molecule has 19 heavy (non-hydrogen) atoms. The average Bonchev–Trinajstić information content (AvgIpc) is 2.38. The van der Waals surface area contributed by atoms with E-state index in [1.54, 1.807) is 12.1 Å². The molecule has 0 radical (unpaired) electrons. The van der Waals surface area contributed by atoms with E-state index >= 15 is 0 Å². The molecule has 0 heterocycles. The first kappa shape index (κ1) is 13.7. The summed E-state index contributed by atoms with van der Waals surface area (Å²) in [6.07, 6.45) is 5.00. The quantitative estimate of drug-likeness (QED) is 0.820. The van der Waals surface area contributed by atoms with Gasteiger partial charge in [-0.3, -0.25) is 4.79 Å². The van der Waals surface area contributed by atoms with Gasteiger partial charge < -0.3 is 16.4 Å². The molecule has 4 N–H and O–H groups in total. The third-order valence-electron chi connectivity index (χ3n) is 4.17. The zero-order valence-electron chi connectivity index (χ0n) is 11.7. The van der Waals surface area contributed by atoms with Crippen LogP contribution in [0.3, 0.4) is 0 Å². The van der Waals surface area contributed by atoms with Crippen LogP contribution in [0, 0.1) is 5.92 Å². The van der Waals surface area contributed by atoms with Crippen molar-refractivity contribution in [2.75, 3.05) is 17.7 Å². The van der Waals surface area contributed by atoms with Crippen molar-refractivity contribution >= 4 is 17.3 Å². The number of carbonyl (C=O) groups excluding carboxylic acids is 1. The van der Waals surface area contributed by atoms with E-state index in [0.29, 0.717) is 17.3 Å². The first-order chi connectivity index (χ1) is 8.99. The zero-order chi connectivity index (χ0) is 14.0. The molecular weight excluding hydrogens is 238 g/mol. The number of nitrogen functional groups attached to an aromatic ring is 1. The van der Waals surface area contributed by atoms with Crippen molar-refractivity contribution in [1.82, 2.24) is 0 Å². The lowest BCUT2D eigenvalue weighted by Gasteiger charge is -2.35. The number of anilines is 2. The van der Waals surface area contributed by atoms with Crippen LogP contribution in [-0.2, 0) is 0 Å². The van der Waals surface area contributed by atoms with Gasteiger partial charge in [0.05, 0.1) is 5.56 Å². The van der Waals surface area contributed by atoms with Crippen LogP contribution in [0.1, 0.15) is 43.0 Å². The Balaban J connectivity index is 2.21. The van der Waals surface area contributed by atoms with Gasteiger partial charge in [-0.25, -0.2) is 0 Å². The molecule has 2 atom stereocenters. The fourth-order valence-electron chi connectivity index (χ4n) is 2.94. The van der Waals surface area contributed by atoms with Crippen molar-refractivity contribution in [3.63, 3.8) is 0 Å². The predicted octanol–water partition coefficient (Wildman–Crippen LogP) is 2.38. The van der Waals surface area contributed by atoms with Crippen LogP contribution in [0.25, 0.3) is 0 Å². The van der Waals surface area contributed by atoms with Crippen LogP contribution in [-0.4, -0.2) is 19.0 Å². The van der Waals surface area contributed by atoms with Gasteiger partial charge in [0.25, 0.3) is 5.91 Å². The second-order valence-corrected chi connectivity index (χ2v) is 5.67. The van der Waals surface area contributed by atoms with Crippen LogP contribution in [0.5, 0.6) is 0 Å². The van der Waals surface area contributed by atoms with E-state index in [4.69, 9.17) is 11.5 Å². The molecule has 1 aromatic rings. The molecule has 104 valence electrons. The molecule has 2 rings (SSSR count). The molecule has 1 aromatic carbocycles. The SMILES string of the molecule is CC1CCCC(N(C)c2ccc(N)c(C(N)=O)c2)C1. The molecule has 1 aliphatic rings. The summed E-state index contributed by atoms with van der Waals surface area (Å²) in [4.78, 5) is 13.6. The Bertz CT molecular complexity index is 472. The summed E-state index contributed by atoms with van der Waals surface area (Å²) in [7, 11) is 2.08. The number of nitrogens with zero attached hydrogens (tertiary/aromatic N) is 1. The normalized spacial score (nSPS) is 23.1. The van der Waals surface area contributed by atoms with Crippen LogP contribution in [0.15, 0.2) is 18.2 Å². The Morgan fingerprint density at radius 3 is 2.74 bits per heavy atom. The summed E-state index contributed by atoms with van der Waals surface area (Å²) < 4.78 is 0. The Morgan fingerprint density at radius 2 is 2.11 bits per heavy atom. The first-order valence-electron chi connectivity index (χ1n) is 6.91. The van der Waals surface area contributed by atoms with E-state index in [1.165, 1.54) is 25.7 Å². The fourth-order valence-corrected chi connectivity index (χ4v) is 2.94. The smallest absolute Gasteiger partial charge is 0.250 e. The summed E-state index contributed by atoms with van der Waals surface area (Å²) in [5.41, 5.74) is 13.0. The second kappa shape index (κ2) is 5.51. The Hall–Kier alpha value is -1.71. The molecular formula is C15H23N3O. The minimum absolute atomic E-state index is 0.410. The molecule has 0 aromatic heterocycles. The minimum atomic E-state index is -0.468. The van der Waals surface area contributed by atoms with Crippen molar-refractivity contribution in [1.29, 1.82) is 0 Å². The molecule has 0 spiro atoms. The molecule has 0 aliphatic heterocycles. The summed E-state index contributed by atoms with van der Waals surface area (Å²) in [5.74, 6) is 0.301. The zero-order valence-corrected chi connectivity index (χ0v) is 11.7. The monoisotopic (exact) mass is 261 g/mol. The largest absolute Gasteiger partial charge is 0.398 e. The van der Waals surface area contributed by atoms with E-state index < -0.39 is 5.91 Å². The number of hydrogen-bond donors (Lipinski definition) is 2. The molecule has 1 amide bonds. The number of hydrogen-bond acceptors (Lipinski definition) is 3. The predicted molar refractivity (Wildman–Crippen MR) is 79.2 cm³/mol. The van der Waals surface area contributed by atoms with Gasteiger partial charge in [-0.15, -0.1) is 0 Å². The fraction of sp³-hybridized carbons (Fsp3) is 0.533. The highest BCUT2D eigenvalue weighted by atomic mass is 16.1. The van der Waals surface area contributed by atoms with Crippen LogP contribution >= 0.6 is 0 Å². The summed E-state index contributed by atoms with van der Waals surface area (Å²) in [6, 6.07) is 6.06. The molecule has 4 heteroatoms. The van der Waals surface area contributed by atoms with Gasteiger partial charge in [-0.05, 0) is 37.0 Å². The number of benzene rings is 1. The maximum Gasteiger partial charge on any atom is 0.250 e. The van der Waals surface area contributed by atoms with Crippen LogP contribution in [0.2, 0.25) is 0 Å². The summed E-state index contributed by atoms with van der Waals surface area (Å²) in [5, 5.41) is 0. The van der Waals surface area contributed by atoms with E-state index in [9.17, 15) is 4.79 Å². The maximum absolute atomic E-state index is 11.3. The van der Waals surface area contributed by atoms with E-state index in [2.05, 4.69) is 18.9 Å². The van der Waals surface area contributed by atoms with Gasteiger partial charge in [0, 0.05) is 24.5 Å². The molecule has 2 unspecified atom stereocenters. The number of primary amides is 1. The van der Waals surface area contributed by atoms with Crippen LogP contribution in [0.4, 0.5) is 11.4 Å². The Morgan fingerprint density at radius 1 is 1.37 bits per heavy atom. The van der Waals surface area contributed by atoms with Crippen molar-refractivity contribution in [3.05, 3.63) is 23.8 Å². The highest BCUT2D eigenvalue weighted by Crippen LogP contribution is 2.30. The van der Waals surface area contributed by atoms with Crippen molar-refractivity contribution in [3.8, 4) is 0 Å². The number of amides is 1. The first-order valence-corrected chi connectivity index (χ1v) is 6.91. The van der Waals surface area contributed by atoms with Crippen molar-refractivity contribution < 1.29 is 4.79 Å². The molecule has 0 bridgehead atoms. The van der Waals surface area contributed by atoms with Gasteiger partial charge in [0.1, 0.15) is 0 Å². The van der Waals surface area contributed by atoms with Crippen molar-refractivity contribution in [2.24, 2.45) is 11.7 Å². The van der Waals surface area contributed by atoms with E-state index in [1.807, 2.05) is 6.07 Å². The number of rotatable bonds is 3. The van der Waals surface area contributed by atoms with Gasteiger partial charge in [-0.1, -0.05) is 19.8 Å². The van der Waals surface area contributed by atoms with E-state index in [0.717, 1.165) is 11.6 Å². The highest BCUT2D eigenvalue weighted by molar-refractivity contribution is 5.99. The topological polar surface area (TPSA) is 72.3 Å². The minimum Gasteiger partial charge on any atom is -0.398 e. The number of carbonyl (C=O) groups is 1. The molecule has 1 fully saturated rings. The highest BCUT2D eigenvalue weighted by Gasteiger charge is 2.23. The third-order valence-corrected chi connectivity index (χ3v) is 4.17. The average molecular weight is 261 g/mol. The Kier molecular flexibility index (Phi) is 3.98. The maximum atomic E-state index is 11.3. The van der Waals surface area contributed by atoms with Gasteiger partial charge in [0.15, 0.2) is 0 Å².